The van der Waals surface area contributed by atoms with Crippen LogP contribution in [0.2, 0.25) is 5.02 Å². The monoisotopic (exact) mass is 373 g/mol. The third-order valence-electron chi connectivity index (χ3n) is 3.34. The van der Waals surface area contributed by atoms with Crippen LogP contribution >= 0.6 is 22.9 Å². The van der Waals surface area contributed by atoms with E-state index in [4.69, 9.17) is 11.6 Å². The highest BCUT2D eigenvalue weighted by Crippen LogP contribution is 2.29. The number of carbonyl (C=O) groups is 1. The highest BCUT2D eigenvalue weighted by atomic mass is 35.5. The van der Waals surface area contributed by atoms with Gasteiger partial charge in [0.2, 0.25) is 5.95 Å². The maximum atomic E-state index is 12.4. The summed E-state index contributed by atoms with van der Waals surface area (Å²) in [6.45, 7) is 5.53. The fourth-order valence-electron chi connectivity index (χ4n) is 2.30. The Labute approximate surface area is 154 Å². The van der Waals surface area contributed by atoms with Crippen LogP contribution in [0.3, 0.4) is 0 Å². The molecule has 3 aromatic rings. The summed E-state index contributed by atoms with van der Waals surface area (Å²) >= 11 is 7.33. The molecule has 2 aromatic heterocycles. The zero-order chi connectivity index (χ0) is 18.0. The Balaban J connectivity index is 1.76. The van der Waals surface area contributed by atoms with Gasteiger partial charge in [0.05, 0.1) is 5.69 Å². The molecule has 1 amide bonds. The molecule has 2 N–H and O–H groups in total. The van der Waals surface area contributed by atoms with Crippen LogP contribution < -0.4 is 10.9 Å². The van der Waals surface area contributed by atoms with Crippen molar-refractivity contribution >= 4 is 34.8 Å². The van der Waals surface area contributed by atoms with Crippen molar-refractivity contribution in [2.75, 3.05) is 5.43 Å². The molecule has 0 aliphatic heterocycles. The Kier molecular flexibility index (Phi) is 4.96. The SMILES string of the molecule is Cc1cc(C)nc(NNC(=O)c2sc(-c3cccc(Cl)c3)nc2C)n1. The van der Waals surface area contributed by atoms with Gasteiger partial charge < -0.3 is 0 Å². The van der Waals surface area contributed by atoms with Crippen molar-refractivity contribution in [3.63, 3.8) is 0 Å². The van der Waals surface area contributed by atoms with Crippen molar-refractivity contribution in [3.8, 4) is 10.6 Å². The second-order valence-electron chi connectivity index (χ2n) is 5.50. The number of nitrogens with zero attached hydrogens (tertiary/aromatic N) is 3. The molecule has 6 nitrogen and oxygen atoms in total. The lowest BCUT2D eigenvalue weighted by molar-refractivity contribution is 0.0965. The van der Waals surface area contributed by atoms with E-state index in [1.165, 1.54) is 11.3 Å². The predicted molar refractivity (Wildman–Crippen MR) is 99.9 cm³/mol. The zero-order valence-corrected chi connectivity index (χ0v) is 15.5. The molecule has 0 saturated carbocycles. The van der Waals surface area contributed by atoms with Crippen LogP contribution in [0.15, 0.2) is 30.3 Å². The lowest BCUT2D eigenvalue weighted by Gasteiger charge is -2.07. The van der Waals surface area contributed by atoms with E-state index < -0.39 is 0 Å². The van der Waals surface area contributed by atoms with Crippen molar-refractivity contribution in [2.24, 2.45) is 0 Å². The summed E-state index contributed by atoms with van der Waals surface area (Å²) in [5.74, 6) is 0.0640. The van der Waals surface area contributed by atoms with Crippen molar-refractivity contribution < 1.29 is 4.79 Å². The molecule has 3 rings (SSSR count). The summed E-state index contributed by atoms with van der Waals surface area (Å²) in [7, 11) is 0. The van der Waals surface area contributed by atoms with Gasteiger partial charge >= 0.3 is 0 Å². The van der Waals surface area contributed by atoms with Gasteiger partial charge in [-0.3, -0.25) is 15.6 Å². The average molecular weight is 374 g/mol. The van der Waals surface area contributed by atoms with E-state index in [0.717, 1.165) is 22.0 Å². The fraction of sp³-hybridized carbons (Fsp3) is 0.176. The highest BCUT2D eigenvalue weighted by molar-refractivity contribution is 7.17. The molecular formula is C17H16ClN5OS. The molecule has 0 spiro atoms. The number of thiazole rings is 1. The molecule has 128 valence electrons. The fourth-order valence-corrected chi connectivity index (χ4v) is 3.45. The van der Waals surface area contributed by atoms with Crippen LogP contribution in [0.25, 0.3) is 10.6 Å². The molecule has 8 heteroatoms. The number of aromatic nitrogens is 3. The number of halogens is 1. The number of benzene rings is 1. The maximum Gasteiger partial charge on any atom is 0.281 e. The minimum atomic E-state index is -0.286. The second-order valence-corrected chi connectivity index (χ2v) is 6.93. The molecule has 25 heavy (non-hydrogen) atoms. The number of amides is 1. The first-order valence-electron chi connectivity index (χ1n) is 7.54. The van der Waals surface area contributed by atoms with Gasteiger partial charge in [0.15, 0.2) is 0 Å². The zero-order valence-electron chi connectivity index (χ0n) is 13.9. The molecule has 0 aliphatic rings. The van der Waals surface area contributed by atoms with Gasteiger partial charge in [0.1, 0.15) is 9.88 Å². The Morgan fingerprint density at radius 2 is 1.80 bits per heavy atom. The molecule has 0 unspecified atom stereocenters. The number of carbonyl (C=O) groups excluding carboxylic acids is 1. The molecular weight excluding hydrogens is 358 g/mol. The number of rotatable bonds is 4. The summed E-state index contributed by atoms with van der Waals surface area (Å²) in [5, 5.41) is 1.37. The Morgan fingerprint density at radius 3 is 2.48 bits per heavy atom. The topological polar surface area (TPSA) is 79.8 Å². The van der Waals surface area contributed by atoms with Gasteiger partial charge in [0.25, 0.3) is 5.91 Å². The molecule has 0 fully saturated rings. The molecule has 0 bridgehead atoms. The smallest absolute Gasteiger partial charge is 0.266 e. The lowest BCUT2D eigenvalue weighted by atomic mass is 10.2. The third kappa shape index (κ3) is 4.12. The van der Waals surface area contributed by atoms with Crippen LogP contribution in [-0.2, 0) is 0 Å². The van der Waals surface area contributed by atoms with Crippen molar-refractivity contribution in [1.82, 2.24) is 20.4 Å². The standard InChI is InChI=1S/C17H16ClN5OS/c1-9-7-10(2)20-17(19-9)23-22-15(24)14-11(3)21-16(25-14)12-5-4-6-13(18)8-12/h4-8H,1-3H3,(H,22,24)(H,19,20,23). The largest absolute Gasteiger partial charge is 0.281 e. The van der Waals surface area contributed by atoms with Crippen molar-refractivity contribution in [3.05, 3.63) is 57.3 Å². The summed E-state index contributed by atoms with van der Waals surface area (Å²) in [4.78, 5) is 25.9. The quantitative estimate of drug-likeness (QED) is 0.677. The Hall–Kier alpha value is -2.51. The first-order chi connectivity index (χ1) is 11.9. The van der Waals surface area contributed by atoms with Crippen LogP contribution in [0, 0.1) is 20.8 Å². The van der Waals surface area contributed by atoms with E-state index in [9.17, 15) is 4.79 Å². The van der Waals surface area contributed by atoms with E-state index in [2.05, 4.69) is 25.8 Å². The molecule has 1 aromatic carbocycles. The van der Waals surface area contributed by atoms with E-state index in [1.807, 2.05) is 38.1 Å². The normalized spacial score (nSPS) is 10.6. The highest BCUT2D eigenvalue weighted by Gasteiger charge is 2.16. The van der Waals surface area contributed by atoms with Crippen LogP contribution in [-0.4, -0.2) is 20.9 Å². The van der Waals surface area contributed by atoms with Gasteiger partial charge in [-0.25, -0.2) is 15.0 Å². The minimum absolute atomic E-state index is 0.286. The first kappa shape index (κ1) is 17.3. The minimum Gasteiger partial charge on any atom is -0.266 e. The molecule has 0 atom stereocenters. The summed E-state index contributed by atoms with van der Waals surface area (Å²) < 4.78 is 0. The van der Waals surface area contributed by atoms with Gasteiger partial charge in [0, 0.05) is 22.0 Å². The lowest BCUT2D eigenvalue weighted by Crippen LogP contribution is -2.30. The summed E-state index contributed by atoms with van der Waals surface area (Å²) in [6.07, 6.45) is 0. The van der Waals surface area contributed by atoms with Crippen molar-refractivity contribution in [1.29, 1.82) is 0 Å². The van der Waals surface area contributed by atoms with Crippen LogP contribution in [0.4, 0.5) is 5.95 Å². The van der Waals surface area contributed by atoms with Gasteiger partial charge in [-0.2, -0.15) is 0 Å². The predicted octanol–water partition coefficient (Wildman–Crippen LogP) is 3.94. The van der Waals surface area contributed by atoms with Gasteiger partial charge in [-0.05, 0) is 39.0 Å². The molecule has 2 heterocycles. The number of hydrogen-bond donors (Lipinski definition) is 2. The van der Waals surface area contributed by atoms with E-state index >= 15 is 0 Å². The number of nitrogens with one attached hydrogen (secondary N) is 2. The van der Waals surface area contributed by atoms with Gasteiger partial charge in [-0.1, -0.05) is 23.7 Å². The summed E-state index contributed by atoms with van der Waals surface area (Å²) in [5.41, 5.74) is 8.54. The number of anilines is 1. The third-order valence-corrected chi connectivity index (χ3v) is 4.78. The Bertz CT molecular complexity index is 920. The van der Waals surface area contributed by atoms with E-state index in [1.54, 1.807) is 13.0 Å². The molecule has 0 aliphatic carbocycles. The Morgan fingerprint density at radius 1 is 1.08 bits per heavy atom. The van der Waals surface area contributed by atoms with E-state index in [-0.39, 0.29) is 5.91 Å². The second kappa shape index (κ2) is 7.16. The van der Waals surface area contributed by atoms with Crippen molar-refractivity contribution in [2.45, 2.75) is 20.8 Å². The van der Waals surface area contributed by atoms with Crippen LogP contribution in [0.1, 0.15) is 26.8 Å². The summed E-state index contributed by atoms with van der Waals surface area (Å²) in [6, 6.07) is 9.24. The maximum absolute atomic E-state index is 12.4. The average Bonchev–Trinajstić information content (AvgIpc) is 2.94. The number of aryl methyl sites for hydroxylation is 3. The molecule has 0 radical (unpaired) electrons. The number of hydrazine groups is 1. The number of hydrogen-bond acceptors (Lipinski definition) is 6. The van der Waals surface area contributed by atoms with Gasteiger partial charge in [-0.15, -0.1) is 11.3 Å². The van der Waals surface area contributed by atoms with E-state index in [0.29, 0.717) is 21.5 Å². The molecule has 0 saturated heterocycles. The first-order valence-corrected chi connectivity index (χ1v) is 8.74. The van der Waals surface area contributed by atoms with Crippen LogP contribution in [0.5, 0.6) is 0 Å².